The van der Waals surface area contributed by atoms with E-state index in [9.17, 15) is 4.79 Å². The summed E-state index contributed by atoms with van der Waals surface area (Å²) in [6.45, 7) is 0.472. The van der Waals surface area contributed by atoms with Crippen LogP contribution in [0, 0.1) is 0 Å². The average molecular weight is 475 g/mol. The smallest absolute Gasteiger partial charge is 0.251 e. The minimum Gasteiger partial charge on any atom is -0.348 e. The molecular weight excluding hydrogens is 458 g/mol. The van der Waals surface area contributed by atoms with E-state index in [-0.39, 0.29) is 5.91 Å². The summed E-state index contributed by atoms with van der Waals surface area (Å²) in [5.41, 5.74) is 2.99. The standard InChI is InChI=1S/C21H17BrClN3OS/c22-16-9-10-19(18(23)12-16)26-21(28)25-17-8-4-7-15(11-17)20(27)24-13-14-5-2-1-3-6-14/h1-12H,13H2,(H,24,27)(H2,25,26,28). The van der Waals surface area contributed by atoms with E-state index in [1.54, 1.807) is 24.3 Å². The molecule has 0 heterocycles. The molecule has 1 amide bonds. The largest absolute Gasteiger partial charge is 0.348 e. The molecule has 3 aromatic carbocycles. The van der Waals surface area contributed by atoms with Crippen molar-refractivity contribution in [3.8, 4) is 0 Å². The molecule has 4 nitrogen and oxygen atoms in total. The van der Waals surface area contributed by atoms with E-state index >= 15 is 0 Å². The first-order valence-electron chi connectivity index (χ1n) is 8.46. The van der Waals surface area contributed by atoms with E-state index in [0.717, 1.165) is 10.0 Å². The van der Waals surface area contributed by atoms with Crippen molar-refractivity contribution in [3.05, 3.63) is 93.4 Å². The Labute approximate surface area is 182 Å². The van der Waals surface area contributed by atoms with Crippen LogP contribution in [0.3, 0.4) is 0 Å². The molecule has 0 radical (unpaired) electrons. The predicted octanol–water partition coefficient (Wildman–Crippen LogP) is 5.84. The highest BCUT2D eigenvalue weighted by atomic mass is 79.9. The fraction of sp³-hybridized carbons (Fsp3) is 0.0476. The Morgan fingerprint density at radius 2 is 1.75 bits per heavy atom. The van der Waals surface area contributed by atoms with Gasteiger partial charge in [-0.1, -0.05) is 63.9 Å². The maximum absolute atomic E-state index is 12.4. The lowest BCUT2D eigenvalue weighted by molar-refractivity contribution is 0.0951. The minimum atomic E-state index is -0.151. The van der Waals surface area contributed by atoms with Gasteiger partial charge in [-0.3, -0.25) is 4.79 Å². The number of anilines is 2. The average Bonchev–Trinajstić information content (AvgIpc) is 2.69. The van der Waals surface area contributed by atoms with Crippen LogP contribution >= 0.6 is 39.7 Å². The Morgan fingerprint density at radius 3 is 2.50 bits per heavy atom. The highest BCUT2D eigenvalue weighted by Crippen LogP contribution is 2.25. The quantitative estimate of drug-likeness (QED) is 0.407. The summed E-state index contributed by atoms with van der Waals surface area (Å²) < 4.78 is 0.885. The SMILES string of the molecule is O=C(NCc1ccccc1)c1cccc(NC(=S)Nc2ccc(Br)cc2Cl)c1. The first-order valence-corrected chi connectivity index (χ1v) is 10.0. The van der Waals surface area contributed by atoms with Crippen LogP contribution in [0.15, 0.2) is 77.3 Å². The number of carbonyl (C=O) groups excluding carboxylic acids is 1. The molecule has 3 N–H and O–H groups in total. The summed E-state index contributed by atoms with van der Waals surface area (Å²) in [5.74, 6) is -0.151. The van der Waals surface area contributed by atoms with Crippen molar-refractivity contribution >= 4 is 62.1 Å². The van der Waals surface area contributed by atoms with Crippen LogP contribution in [0.4, 0.5) is 11.4 Å². The van der Waals surface area contributed by atoms with Gasteiger partial charge in [0.05, 0.1) is 10.7 Å². The lowest BCUT2D eigenvalue weighted by atomic mass is 10.1. The van der Waals surface area contributed by atoms with E-state index in [4.69, 9.17) is 23.8 Å². The molecular formula is C21H17BrClN3OS. The van der Waals surface area contributed by atoms with Crippen molar-refractivity contribution in [1.29, 1.82) is 0 Å². The lowest BCUT2D eigenvalue weighted by Gasteiger charge is -2.13. The summed E-state index contributed by atoms with van der Waals surface area (Å²) in [5, 5.41) is 9.96. The van der Waals surface area contributed by atoms with Crippen LogP contribution in [-0.2, 0) is 6.54 Å². The second kappa shape index (κ2) is 9.68. The predicted molar refractivity (Wildman–Crippen MR) is 123 cm³/mol. The number of amides is 1. The molecule has 0 aliphatic heterocycles. The zero-order valence-electron chi connectivity index (χ0n) is 14.7. The fourth-order valence-electron chi connectivity index (χ4n) is 2.49. The van der Waals surface area contributed by atoms with Crippen molar-refractivity contribution in [2.75, 3.05) is 10.6 Å². The van der Waals surface area contributed by atoms with E-state index in [0.29, 0.717) is 33.6 Å². The molecule has 0 unspecified atom stereocenters. The Bertz CT molecular complexity index is 998. The first-order chi connectivity index (χ1) is 13.5. The van der Waals surface area contributed by atoms with Crippen LogP contribution in [0.2, 0.25) is 5.02 Å². The van der Waals surface area contributed by atoms with Gasteiger partial charge in [-0.15, -0.1) is 0 Å². The van der Waals surface area contributed by atoms with Crippen LogP contribution < -0.4 is 16.0 Å². The molecule has 0 saturated carbocycles. The lowest BCUT2D eigenvalue weighted by Crippen LogP contribution is -2.23. The molecule has 0 spiro atoms. The molecule has 3 aromatic rings. The summed E-state index contributed by atoms with van der Waals surface area (Å²) in [6, 6.07) is 22.4. The molecule has 7 heteroatoms. The van der Waals surface area contributed by atoms with Gasteiger partial charge in [0.2, 0.25) is 0 Å². The number of carbonyl (C=O) groups is 1. The molecule has 0 bridgehead atoms. The van der Waals surface area contributed by atoms with Crippen molar-refractivity contribution in [3.63, 3.8) is 0 Å². The molecule has 142 valence electrons. The van der Waals surface area contributed by atoms with Gasteiger partial charge >= 0.3 is 0 Å². The summed E-state index contributed by atoms with van der Waals surface area (Å²) in [4.78, 5) is 12.4. The van der Waals surface area contributed by atoms with Crippen LogP contribution in [0.1, 0.15) is 15.9 Å². The number of hydrogen-bond donors (Lipinski definition) is 3. The maximum atomic E-state index is 12.4. The van der Waals surface area contributed by atoms with Gasteiger partial charge < -0.3 is 16.0 Å². The van der Waals surface area contributed by atoms with Gasteiger partial charge in [0.15, 0.2) is 5.11 Å². The maximum Gasteiger partial charge on any atom is 0.251 e. The van der Waals surface area contributed by atoms with Gasteiger partial charge in [0.1, 0.15) is 0 Å². The summed E-state index contributed by atoms with van der Waals surface area (Å²) in [7, 11) is 0. The Hall–Kier alpha value is -2.41. The zero-order chi connectivity index (χ0) is 19.9. The number of benzene rings is 3. The molecule has 0 atom stereocenters. The van der Waals surface area contributed by atoms with Crippen molar-refractivity contribution in [2.45, 2.75) is 6.54 Å². The summed E-state index contributed by atoms with van der Waals surface area (Å²) in [6.07, 6.45) is 0. The molecule has 0 aliphatic rings. The Kier molecular flexibility index (Phi) is 7.03. The zero-order valence-corrected chi connectivity index (χ0v) is 17.9. The minimum absolute atomic E-state index is 0.151. The monoisotopic (exact) mass is 473 g/mol. The van der Waals surface area contributed by atoms with Crippen molar-refractivity contribution in [2.24, 2.45) is 0 Å². The van der Waals surface area contributed by atoms with Gasteiger partial charge in [0, 0.05) is 22.3 Å². The molecule has 0 fully saturated rings. The number of rotatable bonds is 5. The third-order valence-electron chi connectivity index (χ3n) is 3.86. The molecule has 0 aliphatic carbocycles. The normalized spacial score (nSPS) is 10.2. The van der Waals surface area contributed by atoms with Crippen molar-refractivity contribution < 1.29 is 4.79 Å². The van der Waals surface area contributed by atoms with Gasteiger partial charge in [-0.25, -0.2) is 0 Å². The van der Waals surface area contributed by atoms with Gasteiger partial charge in [-0.05, 0) is 54.2 Å². The number of halogens is 2. The van der Waals surface area contributed by atoms with E-state index in [1.165, 1.54) is 0 Å². The topological polar surface area (TPSA) is 53.2 Å². The number of nitrogens with one attached hydrogen (secondary N) is 3. The van der Waals surface area contributed by atoms with E-state index in [1.807, 2.05) is 48.5 Å². The van der Waals surface area contributed by atoms with Gasteiger partial charge in [0.25, 0.3) is 5.91 Å². The Balaban J connectivity index is 1.60. The van der Waals surface area contributed by atoms with Gasteiger partial charge in [-0.2, -0.15) is 0 Å². The summed E-state index contributed by atoms with van der Waals surface area (Å²) >= 11 is 14.9. The number of thiocarbonyl (C=S) groups is 1. The third-order valence-corrected chi connectivity index (χ3v) is 4.87. The fourth-order valence-corrected chi connectivity index (χ4v) is 3.44. The van der Waals surface area contributed by atoms with Crippen LogP contribution in [0.25, 0.3) is 0 Å². The molecule has 0 saturated heterocycles. The molecule has 3 rings (SSSR count). The van der Waals surface area contributed by atoms with Crippen LogP contribution in [0.5, 0.6) is 0 Å². The van der Waals surface area contributed by atoms with E-state index < -0.39 is 0 Å². The van der Waals surface area contributed by atoms with Crippen LogP contribution in [-0.4, -0.2) is 11.0 Å². The second-order valence-corrected chi connectivity index (χ2v) is 7.68. The number of hydrogen-bond acceptors (Lipinski definition) is 2. The second-order valence-electron chi connectivity index (χ2n) is 5.95. The first kappa shape index (κ1) is 20.3. The molecule has 28 heavy (non-hydrogen) atoms. The van der Waals surface area contributed by atoms with Crippen molar-refractivity contribution in [1.82, 2.24) is 5.32 Å². The van der Waals surface area contributed by atoms with E-state index in [2.05, 4.69) is 31.9 Å². The Morgan fingerprint density at radius 1 is 0.964 bits per heavy atom. The highest BCUT2D eigenvalue weighted by molar-refractivity contribution is 9.10. The highest BCUT2D eigenvalue weighted by Gasteiger charge is 2.08. The molecule has 0 aromatic heterocycles. The third kappa shape index (κ3) is 5.79.